The van der Waals surface area contributed by atoms with Crippen molar-refractivity contribution in [3.8, 4) is 23.3 Å². The molecule has 0 spiro atoms. The number of rotatable bonds is 8. The number of carbonyl (C=O) groups excluding carboxylic acids is 1. The smallest absolute Gasteiger partial charge is 0.475 e. The van der Waals surface area contributed by atoms with Gasteiger partial charge in [-0.05, 0) is 48.1 Å². The average Bonchev–Trinajstić information content (AvgIpc) is 3.75. The van der Waals surface area contributed by atoms with Crippen LogP contribution >= 0.6 is 11.8 Å². The zero-order valence-corrected chi connectivity index (χ0v) is 21.9. The number of pyridine rings is 2. The van der Waals surface area contributed by atoms with Gasteiger partial charge in [-0.15, -0.1) is 11.8 Å². The third-order valence-electron chi connectivity index (χ3n) is 5.48. The molecule has 0 unspecified atom stereocenters. The number of carboxylic acids is 1. The number of thioether (sulfide) groups is 1. The Morgan fingerprint density at radius 1 is 1.12 bits per heavy atom. The van der Waals surface area contributed by atoms with Crippen LogP contribution in [-0.2, 0) is 15.3 Å². The second-order valence-electron chi connectivity index (χ2n) is 8.65. The van der Waals surface area contributed by atoms with Crippen molar-refractivity contribution in [2.24, 2.45) is 5.92 Å². The molecule has 2 aromatic heterocycles. The van der Waals surface area contributed by atoms with E-state index in [0.29, 0.717) is 44.9 Å². The first-order valence-corrected chi connectivity index (χ1v) is 12.8. The van der Waals surface area contributed by atoms with Gasteiger partial charge in [0.25, 0.3) is 0 Å². The largest absolute Gasteiger partial charge is 0.490 e. The summed E-state index contributed by atoms with van der Waals surface area (Å²) >= 11 is 1.45. The van der Waals surface area contributed by atoms with Gasteiger partial charge in [-0.25, -0.2) is 9.78 Å². The van der Waals surface area contributed by atoms with Crippen LogP contribution in [0.1, 0.15) is 36.5 Å². The Kier molecular flexibility index (Phi) is 10.1. The number of nitriles is 2. The van der Waals surface area contributed by atoms with Gasteiger partial charge >= 0.3 is 12.1 Å². The molecule has 3 aromatic rings. The highest BCUT2D eigenvalue weighted by Crippen LogP contribution is 2.38. The zero-order valence-electron chi connectivity index (χ0n) is 21.1. The standard InChI is InChI=1S/C25H22N6OS.C2HF3O2/c1-16(32)30-20-8-6-19(7-9-20)23-21(11-26)24(29-14-17-4-5-17)31-25(22(23)12-27)33-15-18-3-2-10-28-13-18;3-2(4,5)1(6)7/h2-3,6-10,13,17H,4-5,14-15H2,1H3,(H,29,31)(H,30,32);(H,6,7). The molecule has 4 rings (SSSR count). The van der Waals surface area contributed by atoms with E-state index in [1.54, 1.807) is 24.5 Å². The van der Waals surface area contributed by atoms with E-state index in [9.17, 15) is 28.5 Å². The normalized spacial score (nSPS) is 12.2. The molecule has 1 amide bonds. The fraction of sp³-hybridized carbons (Fsp3) is 0.259. The summed E-state index contributed by atoms with van der Waals surface area (Å²) in [5.74, 6) is -1.22. The van der Waals surface area contributed by atoms with Gasteiger partial charge in [0, 0.05) is 42.9 Å². The number of aliphatic carboxylic acids is 1. The highest BCUT2D eigenvalue weighted by molar-refractivity contribution is 7.98. The van der Waals surface area contributed by atoms with E-state index in [1.165, 1.54) is 31.5 Å². The Bertz CT molecular complexity index is 1450. The van der Waals surface area contributed by atoms with Crippen LogP contribution in [0.4, 0.5) is 24.7 Å². The molecule has 0 aliphatic heterocycles. The number of hydrogen-bond donors (Lipinski definition) is 3. The summed E-state index contributed by atoms with van der Waals surface area (Å²) < 4.78 is 31.7. The Hall–Kier alpha value is -4.62. The van der Waals surface area contributed by atoms with Crippen molar-refractivity contribution in [2.45, 2.75) is 36.7 Å². The monoisotopic (exact) mass is 568 g/mol. The quantitative estimate of drug-likeness (QED) is 0.295. The number of nitrogens with one attached hydrogen (secondary N) is 2. The third-order valence-corrected chi connectivity index (χ3v) is 6.52. The van der Waals surface area contributed by atoms with Crippen molar-refractivity contribution in [2.75, 3.05) is 17.2 Å². The minimum absolute atomic E-state index is 0.164. The second-order valence-corrected chi connectivity index (χ2v) is 9.61. The maximum atomic E-state index is 11.4. The molecular formula is C27H23F3N6O3S. The first-order chi connectivity index (χ1) is 19.0. The summed E-state index contributed by atoms with van der Waals surface area (Å²) in [7, 11) is 0. The summed E-state index contributed by atoms with van der Waals surface area (Å²) in [5.41, 5.74) is 3.66. The van der Waals surface area contributed by atoms with Gasteiger partial charge < -0.3 is 15.7 Å². The van der Waals surface area contributed by atoms with E-state index in [4.69, 9.17) is 14.9 Å². The summed E-state index contributed by atoms with van der Waals surface area (Å²) in [6.07, 6.45) is 0.768. The van der Waals surface area contributed by atoms with Crippen LogP contribution in [0, 0.1) is 28.6 Å². The topological polar surface area (TPSA) is 152 Å². The number of amides is 1. The number of carbonyl (C=O) groups is 2. The molecule has 1 aliphatic carbocycles. The molecule has 0 saturated heterocycles. The molecule has 9 nitrogen and oxygen atoms in total. The lowest BCUT2D eigenvalue weighted by Crippen LogP contribution is -2.21. The number of benzene rings is 1. The molecule has 206 valence electrons. The summed E-state index contributed by atoms with van der Waals surface area (Å²) in [6.45, 7) is 2.20. The maximum Gasteiger partial charge on any atom is 0.490 e. The fourth-order valence-corrected chi connectivity index (χ4v) is 4.34. The highest BCUT2D eigenvalue weighted by atomic mass is 32.2. The summed E-state index contributed by atoms with van der Waals surface area (Å²) in [4.78, 5) is 29.1. The van der Waals surface area contributed by atoms with E-state index in [-0.39, 0.29) is 5.91 Å². The minimum Gasteiger partial charge on any atom is -0.475 e. The van der Waals surface area contributed by atoms with Crippen molar-refractivity contribution >= 4 is 35.1 Å². The number of nitrogens with zero attached hydrogens (tertiary/aromatic N) is 4. The Balaban J connectivity index is 0.000000559. The van der Waals surface area contributed by atoms with Gasteiger partial charge in [-0.1, -0.05) is 18.2 Å². The SMILES string of the molecule is CC(=O)Nc1ccc(-c2c(C#N)c(NCC3CC3)nc(SCc3cccnc3)c2C#N)cc1.O=C(O)C(F)(F)F. The summed E-state index contributed by atoms with van der Waals surface area (Å²) in [5, 5.41) is 33.9. The molecule has 1 saturated carbocycles. The van der Waals surface area contributed by atoms with Crippen LogP contribution in [-0.4, -0.2) is 39.7 Å². The molecule has 0 atom stereocenters. The zero-order chi connectivity index (χ0) is 29.3. The van der Waals surface area contributed by atoms with Crippen molar-refractivity contribution < 1.29 is 27.9 Å². The van der Waals surface area contributed by atoms with Crippen LogP contribution in [0.25, 0.3) is 11.1 Å². The van der Waals surface area contributed by atoms with Gasteiger partial charge in [-0.2, -0.15) is 23.7 Å². The van der Waals surface area contributed by atoms with E-state index < -0.39 is 12.1 Å². The minimum atomic E-state index is -5.08. The average molecular weight is 569 g/mol. The van der Waals surface area contributed by atoms with Gasteiger partial charge in [0.2, 0.25) is 5.91 Å². The van der Waals surface area contributed by atoms with E-state index >= 15 is 0 Å². The predicted molar refractivity (Wildman–Crippen MR) is 142 cm³/mol. The molecule has 3 N–H and O–H groups in total. The van der Waals surface area contributed by atoms with Crippen molar-refractivity contribution in [1.82, 2.24) is 9.97 Å². The van der Waals surface area contributed by atoms with Crippen LogP contribution in [0.3, 0.4) is 0 Å². The maximum absolute atomic E-state index is 11.4. The molecule has 0 radical (unpaired) electrons. The lowest BCUT2D eigenvalue weighted by molar-refractivity contribution is -0.192. The first-order valence-electron chi connectivity index (χ1n) is 11.8. The lowest BCUT2D eigenvalue weighted by atomic mass is 9.96. The Labute approximate surface area is 232 Å². The van der Waals surface area contributed by atoms with Crippen molar-refractivity contribution in [3.05, 3.63) is 65.5 Å². The number of hydrogen-bond acceptors (Lipinski definition) is 8. The number of alkyl halides is 3. The van der Waals surface area contributed by atoms with Gasteiger partial charge in [0.1, 0.15) is 28.5 Å². The van der Waals surface area contributed by atoms with Gasteiger partial charge in [-0.3, -0.25) is 9.78 Å². The van der Waals surface area contributed by atoms with Gasteiger partial charge in [0.15, 0.2) is 0 Å². The molecule has 2 heterocycles. The Morgan fingerprint density at radius 3 is 2.27 bits per heavy atom. The second kappa shape index (κ2) is 13.4. The van der Waals surface area contributed by atoms with Gasteiger partial charge in [0.05, 0.1) is 5.56 Å². The highest BCUT2D eigenvalue weighted by Gasteiger charge is 2.38. The van der Waals surface area contributed by atoms with E-state index in [0.717, 1.165) is 17.7 Å². The predicted octanol–water partition coefficient (Wildman–Crippen LogP) is 5.59. The molecule has 13 heteroatoms. The van der Waals surface area contributed by atoms with E-state index in [2.05, 4.69) is 27.8 Å². The van der Waals surface area contributed by atoms with Crippen LogP contribution in [0.15, 0.2) is 53.8 Å². The van der Waals surface area contributed by atoms with Crippen LogP contribution in [0.5, 0.6) is 0 Å². The number of anilines is 2. The molecular weight excluding hydrogens is 545 g/mol. The Morgan fingerprint density at radius 2 is 1.77 bits per heavy atom. The first kappa shape index (κ1) is 29.9. The molecule has 40 heavy (non-hydrogen) atoms. The number of halogens is 3. The number of carboxylic acid groups (broad SMARTS) is 1. The summed E-state index contributed by atoms with van der Waals surface area (Å²) in [6, 6.07) is 15.5. The molecule has 1 aliphatic rings. The van der Waals surface area contributed by atoms with Crippen LogP contribution < -0.4 is 10.6 Å². The van der Waals surface area contributed by atoms with Crippen molar-refractivity contribution in [3.63, 3.8) is 0 Å². The van der Waals surface area contributed by atoms with Crippen LogP contribution in [0.2, 0.25) is 0 Å². The van der Waals surface area contributed by atoms with Crippen molar-refractivity contribution in [1.29, 1.82) is 10.5 Å². The fourth-order valence-electron chi connectivity index (χ4n) is 3.42. The molecule has 0 bridgehead atoms. The lowest BCUT2D eigenvalue weighted by Gasteiger charge is -2.16. The molecule has 1 fully saturated rings. The third kappa shape index (κ3) is 8.44. The number of aromatic nitrogens is 2. The van der Waals surface area contributed by atoms with E-state index in [1.807, 2.05) is 24.3 Å². The molecule has 1 aromatic carbocycles.